The predicted octanol–water partition coefficient (Wildman–Crippen LogP) is 3.45. The van der Waals surface area contributed by atoms with Crippen LogP contribution < -0.4 is 14.8 Å². The van der Waals surface area contributed by atoms with Gasteiger partial charge in [0.15, 0.2) is 11.8 Å². The standard InChI is InChI=1S/C22H34N6O2S.HI/c1-16-25-26-21(27(16)2)14-24-22(23-8-6-10-31-5)28-9-7-17(15-28)18-11-19(29-3)13-20(12-18)30-4;/h11-13,17H,6-10,14-15H2,1-5H3,(H,23,24);1H. The van der Waals surface area contributed by atoms with Crippen LogP contribution in [0.5, 0.6) is 11.5 Å². The number of aryl methyl sites for hydroxylation is 1. The lowest BCUT2D eigenvalue weighted by Crippen LogP contribution is -2.40. The first kappa shape index (κ1) is 26.6. The van der Waals surface area contributed by atoms with E-state index in [-0.39, 0.29) is 24.0 Å². The van der Waals surface area contributed by atoms with Crippen molar-refractivity contribution in [2.24, 2.45) is 12.0 Å². The molecule has 0 amide bonds. The monoisotopic (exact) mass is 574 g/mol. The Morgan fingerprint density at radius 3 is 2.53 bits per heavy atom. The van der Waals surface area contributed by atoms with Gasteiger partial charge in [0.2, 0.25) is 0 Å². The average molecular weight is 575 g/mol. The first-order valence-corrected chi connectivity index (χ1v) is 12.0. The van der Waals surface area contributed by atoms with Crippen molar-refractivity contribution in [3.05, 3.63) is 35.4 Å². The van der Waals surface area contributed by atoms with Crippen LogP contribution in [0.3, 0.4) is 0 Å². The Morgan fingerprint density at radius 1 is 1.22 bits per heavy atom. The van der Waals surface area contributed by atoms with Crippen molar-refractivity contribution >= 4 is 41.7 Å². The Kier molecular flexibility index (Phi) is 10.9. The van der Waals surface area contributed by atoms with Crippen molar-refractivity contribution in [2.45, 2.75) is 32.2 Å². The van der Waals surface area contributed by atoms with Gasteiger partial charge >= 0.3 is 0 Å². The molecule has 0 aliphatic carbocycles. The van der Waals surface area contributed by atoms with Crippen LogP contribution in [0, 0.1) is 6.92 Å². The van der Waals surface area contributed by atoms with Gasteiger partial charge in [-0.1, -0.05) is 0 Å². The number of thioether (sulfide) groups is 1. The third kappa shape index (κ3) is 6.90. The van der Waals surface area contributed by atoms with E-state index in [2.05, 4.69) is 38.8 Å². The van der Waals surface area contributed by atoms with E-state index < -0.39 is 0 Å². The first-order chi connectivity index (χ1) is 15.0. The lowest BCUT2D eigenvalue weighted by Gasteiger charge is -2.22. The van der Waals surface area contributed by atoms with Gasteiger partial charge in [0.05, 0.1) is 14.2 Å². The number of methoxy groups -OCH3 is 2. The summed E-state index contributed by atoms with van der Waals surface area (Å²) in [4.78, 5) is 7.24. The molecule has 3 rings (SSSR count). The molecule has 0 bridgehead atoms. The largest absolute Gasteiger partial charge is 0.497 e. The lowest BCUT2D eigenvalue weighted by atomic mass is 9.98. The molecule has 2 aromatic rings. The normalized spacial score (nSPS) is 16.1. The van der Waals surface area contributed by atoms with E-state index >= 15 is 0 Å². The minimum Gasteiger partial charge on any atom is -0.497 e. The molecule has 1 atom stereocenters. The molecule has 1 saturated heterocycles. The Balaban J connectivity index is 0.00000363. The summed E-state index contributed by atoms with van der Waals surface area (Å²) >= 11 is 1.87. The van der Waals surface area contributed by atoms with Gasteiger partial charge in [-0.25, -0.2) is 4.99 Å². The summed E-state index contributed by atoms with van der Waals surface area (Å²) in [7, 11) is 5.36. The molecule has 8 nitrogen and oxygen atoms in total. The van der Waals surface area contributed by atoms with E-state index in [1.165, 1.54) is 5.56 Å². The molecule has 1 aromatic heterocycles. The van der Waals surface area contributed by atoms with Crippen molar-refractivity contribution in [2.75, 3.05) is 45.9 Å². The third-order valence-electron chi connectivity index (χ3n) is 5.69. The van der Waals surface area contributed by atoms with Crippen molar-refractivity contribution in [1.82, 2.24) is 25.0 Å². The lowest BCUT2D eigenvalue weighted by molar-refractivity contribution is 0.392. The highest BCUT2D eigenvalue weighted by molar-refractivity contribution is 14.0. The summed E-state index contributed by atoms with van der Waals surface area (Å²) < 4.78 is 12.9. The molecule has 1 unspecified atom stereocenters. The summed E-state index contributed by atoms with van der Waals surface area (Å²) in [6.45, 7) is 5.23. The van der Waals surface area contributed by atoms with Crippen LogP contribution >= 0.6 is 35.7 Å². The Morgan fingerprint density at radius 2 is 1.94 bits per heavy atom. The number of hydrogen-bond donors (Lipinski definition) is 1. The average Bonchev–Trinajstić information content (AvgIpc) is 3.40. The van der Waals surface area contributed by atoms with Gasteiger partial charge < -0.3 is 24.3 Å². The van der Waals surface area contributed by atoms with Crippen LogP contribution in [0.4, 0.5) is 0 Å². The minimum absolute atomic E-state index is 0. The van der Waals surface area contributed by atoms with Crippen molar-refractivity contribution < 1.29 is 9.47 Å². The van der Waals surface area contributed by atoms with Gasteiger partial charge in [-0.2, -0.15) is 11.8 Å². The zero-order valence-electron chi connectivity index (χ0n) is 19.6. The highest BCUT2D eigenvalue weighted by Crippen LogP contribution is 2.33. The molecular formula is C22H35IN6O2S. The van der Waals surface area contributed by atoms with Crippen molar-refractivity contribution in [3.63, 3.8) is 0 Å². The second-order valence-electron chi connectivity index (χ2n) is 7.71. The highest BCUT2D eigenvalue weighted by Gasteiger charge is 2.27. The third-order valence-corrected chi connectivity index (χ3v) is 6.39. The number of rotatable bonds is 9. The Bertz CT molecular complexity index is 869. The summed E-state index contributed by atoms with van der Waals surface area (Å²) in [5, 5.41) is 12.0. The zero-order valence-corrected chi connectivity index (χ0v) is 22.8. The van der Waals surface area contributed by atoms with Crippen molar-refractivity contribution in [3.8, 4) is 11.5 Å². The molecule has 0 radical (unpaired) electrons. The second-order valence-corrected chi connectivity index (χ2v) is 8.70. The molecule has 178 valence electrons. The van der Waals surface area contributed by atoms with Gasteiger partial charge in [0.1, 0.15) is 23.9 Å². The van der Waals surface area contributed by atoms with Crippen LogP contribution in [0.15, 0.2) is 23.2 Å². The summed E-state index contributed by atoms with van der Waals surface area (Å²) in [6.07, 6.45) is 4.30. The number of likely N-dealkylation sites (tertiary alicyclic amines) is 1. The predicted molar refractivity (Wildman–Crippen MR) is 142 cm³/mol. The molecule has 1 fully saturated rings. The van der Waals surface area contributed by atoms with Crippen LogP contribution in [-0.4, -0.2) is 71.5 Å². The topological polar surface area (TPSA) is 76.8 Å². The SMILES string of the molecule is COc1cc(OC)cc(C2CCN(C(=NCc3nnc(C)n3C)NCCCSC)C2)c1.I. The second kappa shape index (κ2) is 13.1. The van der Waals surface area contributed by atoms with Crippen molar-refractivity contribution in [1.29, 1.82) is 0 Å². The van der Waals surface area contributed by atoms with E-state index in [0.29, 0.717) is 12.5 Å². The Hall–Kier alpha value is -1.69. The van der Waals surface area contributed by atoms with Crippen LogP contribution in [0.1, 0.15) is 36.0 Å². The molecule has 1 aliphatic heterocycles. The van der Waals surface area contributed by atoms with E-state index in [4.69, 9.17) is 14.5 Å². The number of hydrogen-bond acceptors (Lipinski definition) is 6. The van der Waals surface area contributed by atoms with Crippen LogP contribution in [0.25, 0.3) is 0 Å². The van der Waals surface area contributed by atoms with Gasteiger partial charge in [0, 0.05) is 38.7 Å². The first-order valence-electron chi connectivity index (χ1n) is 10.7. The van der Waals surface area contributed by atoms with E-state index in [1.807, 2.05) is 36.4 Å². The molecule has 1 N–H and O–H groups in total. The maximum atomic E-state index is 5.46. The van der Waals surface area contributed by atoms with Gasteiger partial charge in [-0.15, -0.1) is 34.2 Å². The molecule has 10 heteroatoms. The van der Waals surface area contributed by atoms with E-state index in [0.717, 1.165) is 67.3 Å². The van der Waals surface area contributed by atoms with Gasteiger partial charge in [0.25, 0.3) is 0 Å². The van der Waals surface area contributed by atoms with Crippen LogP contribution in [-0.2, 0) is 13.6 Å². The fraction of sp³-hybridized carbons (Fsp3) is 0.591. The number of halogens is 1. The maximum absolute atomic E-state index is 5.46. The van der Waals surface area contributed by atoms with Gasteiger partial charge in [-0.3, -0.25) is 0 Å². The fourth-order valence-corrected chi connectivity index (χ4v) is 4.14. The highest BCUT2D eigenvalue weighted by atomic mass is 127. The smallest absolute Gasteiger partial charge is 0.194 e. The number of benzene rings is 1. The number of nitrogens with zero attached hydrogens (tertiary/aromatic N) is 5. The number of aromatic nitrogens is 3. The summed E-state index contributed by atoms with van der Waals surface area (Å²) in [6, 6.07) is 6.14. The molecule has 0 saturated carbocycles. The van der Waals surface area contributed by atoms with Crippen LogP contribution in [0.2, 0.25) is 0 Å². The molecule has 1 aromatic carbocycles. The summed E-state index contributed by atoms with van der Waals surface area (Å²) in [5.74, 6) is 5.90. The number of ether oxygens (including phenoxy) is 2. The molecule has 1 aliphatic rings. The van der Waals surface area contributed by atoms with Gasteiger partial charge in [-0.05, 0) is 49.5 Å². The number of guanidine groups is 1. The molecule has 0 spiro atoms. The minimum atomic E-state index is 0. The van der Waals surface area contributed by atoms with E-state index in [1.54, 1.807) is 14.2 Å². The van der Waals surface area contributed by atoms with E-state index in [9.17, 15) is 0 Å². The molecule has 2 heterocycles. The molecule has 32 heavy (non-hydrogen) atoms. The number of aliphatic imine (C=N–C) groups is 1. The fourth-order valence-electron chi connectivity index (χ4n) is 3.71. The quantitative estimate of drug-likeness (QED) is 0.213. The molecular weight excluding hydrogens is 539 g/mol. The zero-order chi connectivity index (χ0) is 22.2. The Labute approximate surface area is 212 Å². The maximum Gasteiger partial charge on any atom is 0.194 e. The summed E-state index contributed by atoms with van der Waals surface area (Å²) in [5.41, 5.74) is 1.24. The number of nitrogens with one attached hydrogen (secondary N) is 1.